The lowest BCUT2D eigenvalue weighted by Gasteiger charge is -2.04. The molecule has 0 saturated heterocycles. The number of hydrogen-bond donors (Lipinski definition) is 2. The van der Waals surface area contributed by atoms with Crippen LogP contribution in [0.3, 0.4) is 0 Å². The average Bonchev–Trinajstić information content (AvgIpc) is 1.97. The molecule has 70 valence electrons. The maximum Gasteiger partial charge on any atom is 0.314 e. The monoisotopic (exact) mass is 209 g/mol. The summed E-state index contributed by atoms with van der Waals surface area (Å²) in [6.45, 7) is 1.42. The molecular weight excluding hydrogens is 198 g/mol. The van der Waals surface area contributed by atoms with Gasteiger partial charge >= 0.3 is 5.97 Å². The molecule has 6 heteroatoms. The summed E-state index contributed by atoms with van der Waals surface area (Å²) < 4.78 is 0. The van der Waals surface area contributed by atoms with Crippen molar-refractivity contribution in [3.05, 3.63) is 0 Å². The van der Waals surface area contributed by atoms with Crippen molar-refractivity contribution in [2.75, 3.05) is 11.5 Å². The Kier molecular flexibility index (Phi) is 6.23. The lowest BCUT2D eigenvalue weighted by atomic mass is 10.3. The molecule has 0 heterocycles. The van der Waals surface area contributed by atoms with Gasteiger partial charge in [0.1, 0.15) is 11.5 Å². The van der Waals surface area contributed by atoms with Gasteiger partial charge in [0.05, 0.1) is 6.04 Å². The molecule has 0 spiro atoms. The second-order valence-electron chi connectivity index (χ2n) is 2.16. The summed E-state index contributed by atoms with van der Waals surface area (Å²) in [6, 6.07) is -0.476. The van der Waals surface area contributed by atoms with Gasteiger partial charge in [-0.15, -0.1) is 0 Å². The number of carbonyl (C=O) groups excluding carboxylic acids is 1. The second-order valence-corrected chi connectivity index (χ2v) is 4.67. The first-order valence-corrected chi connectivity index (χ1v) is 5.75. The molecule has 4 nitrogen and oxygen atoms in total. The predicted octanol–water partition coefficient (Wildman–Crippen LogP) is 0.369. The predicted molar refractivity (Wildman–Crippen MR) is 51.2 cm³/mol. The minimum absolute atomic E-state index is 0.0370. The average molecular weight is 209 g/mol. The van der Waals surface area contributed by atoms with Gasteiger partial charge in [-0.3, -0.25) is 9.59 Å². The van der Waals surface area contributed by atoms with Gasteiger partial charge in [-0.05, 0) is 6.92 Å². The van der Waals surface area contributed by atoms with Crippen LogP contribution in [0.1, 0.15) is 6.92 Å². The Morgan fingerprint density at radius 3 is 2.50 bits per heavy atom. The van der Waals surface area contributed by atoms with Crippen molar-refractivity contribution in [2.24, 2.45) is 5.73 Å². The maximum atomic E-state index is 10.6. The molecule has 3 N–H and O–H groups in total. The summed E-state index contributed by atoms with van der Waals surface area (Å²) in [6.07, 6.45) is 0. The van der Waals surface area contributed by atoms with E-state index in [9.17, 15) is 9.59 Å². The Hall–Kier alpha value is -0.200. The maximum absolute atomic E-state index is 10.6. The van der Waals surface area contributed by atoms with Crippen LogP contribution in [0.4, 0.5) is 0 Å². The van der Waals surface area contributed by atoms with Crippen LogP contribution >= 0.6 is 21.6 Å². The number of carboxylic acid groups (broad SMARTS) is 1. The molecule has 0 amide bonds. The van der Waals surface area contributed by atoms with Gasteiger partial charge in [-0.1, -0.05) is 21.6 Å². The Balaban J connectivity index is 3.31. The third-order valence-electron chi connectivity index (χ3n) is 1.04. The smallest absolute Gasteiger partial charge is 0.314 e. The Bertz CT molecular complexity index is 174. The van der Waals surface area contributed by atoms with Crippen LogP contribution in [-0.4, -0.2) is 34.4 Å². The van der Waals surface area contributed by atoms with Crippen molar-refractivity contribution in [3.8, 4) is 0 Å². The van der Waals surface area contributed by atoms with Crippen LogP contribution in [0.2, 0.25) is 0 Å². The van der Waals surface area contributed by atoms with E-state index in [2.05, 4.69) is 0 Å². The molecule has 0 aliphatic rings. The van der Waals surface area contributed by atoms with E-state index in [-0.39, 0.29) is 11.5 Å². The van der Waals surface area contributed by atoms with Crippen LogP contribution in [-0.2, 0) is 9.59 Å². The van der Waals surface area contributed by atoms with E-state index < -0.39 is 12.0 Å². The van der Waals surface area contributed by atoms with Crippen LogP contribution in [0.15, 0.2) is 0 Å². The first-order chi connectivity index (χ1) is 5.54. The molecule has 1 unspecified atom stereocenters. The highest BCUT2D eigenvalue weighted by molar-refractivity contribution is 8.76. The molecular formula is C6H11NO3S2. The highest BCUT2D eigenvalue weighted by Crippen LogP contribution is 2.21. The Labute approximate surface area is 78.7 Å². The molecule has 0 saturated carbocycles. The first-order valence-electron chi connectivity index (χ1n) is 3.26. The van der Waals surface area contributed by atoms with E-state index in [1.807, 2.05) is 0 Å². The number of carboxylic acids is 1. The molecule has 1 atom stereocenters. The van der Waals surface area contributed by atoms with Crippen molar-refractivity contribution in [3.63, 3.8) is 0 Å². The van der Waals surface area contributed by atoms with E-state index in [1.165, 1.54) is 28.5 Å². The number of nitrogens with two attached hydrogens (primary N) is 1. The van der Waals surface area contributed by atoms with Crippen LogP contribution < -0.4 is 5.73 Å². The zero-order valence-corrected chi connectivity index (χ0v) is 8.28. The standard InChI is InChI=1S/C6H11NO3S2/c1-4(8)5(7)2-11-12-3-6(9)10/h5H,2-3,7H2,1H3,(H,9,10). The van der Waals surface area contributed by atoms with E-state index in [0.717, 1.165) is 0 Å². The highest BCUT2D eigenvalue weighted by atomic mass is 33.1. The van der Waals surface area contributed by atoms with Crippen molar-refractivity contribution < 1.29 is 14.7 Å². The molecule has 0 fully saturated rings. The Morgan fingerprint density at radius 2 is 2.08 bits per heavy atom. The van der Waals surface area contributed by atoms with Crippen molar-refractivity contribution in [2.45, 2.75) is 13.0 Å². The summed E-state index contributed by atoms with van der Waals surface area (Å²) in [5.74, 6) is -0.426. The fourth-order valence-electron chi connectivity index (χ4n) is 0.331. The lowest BCUT2D eigenvalue weighted by Crippen LogP contribution is -2.30. The summed E-state index contributed by atoms with van der Waals surface area (Å²) >= 11 is 0. The van der Waals surface area contributed by atoms with E-state index in [1.54, 1.807) is 0 Å². The van der Waals surface area contributed by atoms with Crippen molar-refractivity contribution >= 4 is 33.3 Å². The largest absolute Gasteiger partial charge is 0.481 e. The molecule has 0 bridgehead atoms. The molecule has 12 heavy (non-hydrogen) atoms. The summed E-state index contributed by atoms with van der Waals surface area (Å²) in [5.41, 5.74) is 5.40. The minimum Gasteiger partial charge on any atom is -0.481 e. The number of rotatable bonds is 6. The number of aliphatic carboxylic acids is 1. The third kappa shape index (κ3) is 6.51. The summed E-state index contributed by atoms with van der Waals surface area (Å²) in [5, 5.41) is 8.26. The normalized spacial score (nSPS) is 12.5. The minimum atomic E-state index is -0.858. The number of ketones is 1. The molecule has 0 radical (unpaired) electrons. The molecule has 0 aliphatic carbocycles. The van der Waals surface area contributed by atoms with Gasteiger partial charge in [-0.25, -0.2) is 0 Å². The van der Waals surface area contributed by atoms with E-state index >= 15 is 0 Å². The van der Waals surface area contributed by atoms with Crippen molar-refractivity contribution in [1.82, 2.24) is 0 Å². The van der Waals surface area contributed by atoms with Crippen LogP contribution in [0, 0.1) is 0 Å². The molecule has 0 rings (SSSR count). The first kappa shape index (κ1) is 11.8. The van der Waals surface area contributed by atoms with Gasteiger partial charge < -0.3 is 10.8 Å². The topological polar surface area (TPSA) is 80.4 Å². The molecule has 0 aliphatic heterocycles. The fourth-order valence-corrected chi connectivity index (χ4v) is 2.27. The zero-order chi connectivity index (χ0) is 9.56. The zero-order valence-electron chi connectivity index (χ0n) is 6.65. The molecule has 0 aromatic heterocycles. The van der Waals surface area contributed by atoms with Crippen LogP contribution in [0.25, 0.3) is 0 Å². The van der Waals surface area contributed by atoms with Gasteiger partial charge in [-0.2, -0.15) is 0 Å². The van der Waals surface area contributed by atoms with Crippen LogP contribution in [0.5, 0.6) is 0 Å². The fraction of sp³-hybridized carbons (Fsp3) is 0.667. The van der Waals surface area contributed by atoms with Crippen molar-refractivity contribution in [1.29, 1.82) is 0 Å². The third-order valence-corrected chi connectivity index (χ3v) is 3.32. The highest BCUT2D eigenvalue weighted by Gasteiger charge is 2.08. The second kappa shape index (κ2) is 6.33. The van der Waals surface area contributed by atoms with Gasteiger partial charge in [0, 0.05) is 5.75 Å². The number of Topliss-reactive ketones (excluding diaryl/α,β-unsaturated/α-hetero) is 1. The van der Waals surface area contributed by atoms with Gasteiger partial charge in [0.25, 0.3) is 0 Å². The van der Waals surface area contributed by atoms with E-state index in [0.29, 0.717) is 5.75 Å². The summed E-state index contributed by atoms with van der Waals surface area (Å²) in [7, 11) is 2.50. The van der Waals surface area contributed by atoms with Gasteiger partial charge in [0.15, 0.2) is 0 Å². The summed E-state index contributed by atoms with van der Waals surface area (Å²) in [4.78, 5) is 20.7. The SMILES string of the molecule is CC(=O)C(N)CSSCC(=O)O. The lowest BCUT2D eigenvalue weighted by molar-refractivity contribution is -0.133. The number of hydrogen-bond acceptors (Lipinski definition) is 5. The van der Waals surface area contributed by atoms with E-state index in [4.69, 9.17) is 10.8 Å². The quantitative estimate of drug-likeness (QED) is 0.486. The molecule has 0 aromatic rings. The van der Waals surface area contributed by atoms with Gasteiger partial charge in [0.2, 0.25) is 0 Å². The molecule has 0 aromatic carbocycles. The Morgan fingerprint density at radius 1 is 1.50 bits per heavy atom. The number of carbonyl (C=O) groups is 2.